The molecule has 0 radical (unpaired) electrons. The molecule has 1 aromatic rings. The summed E-state index contributed by atoms with van der Waals surface area (Å²) in [5.74, 6) is -0.672. The van der Waals surface area contributed by atoms with E-state index in [4.69, 9.17) is 0 Å². The van der Waals surface area contributed by atoms with E-state index in [0.717, 1.165) is 12.1 Å². The van der Waals surface area contributed by atoms with Gasteiger partial charge in [0.05, 0.1) is 17.4 Å². The maximum Gasteiger partial charge on any atom is 0.228 e. The summed E-state index contributed by atoms with van der Waals surface area (Å²) >= 11 is 0. The standard InChI is InChI=1S/C15H18N2O4S/c18-14-5-2-7-17(14)13-4-1-3-12(9-13)16-15(19)11-6-8-22(20,21)10-11/h1,3-4,9,11H,2,5-8,10H2,(H,16,19). The van der Waals surface area contributed by atoms with Crippen molar-refractivity contribution in [2.45, 2.75) is 19.3 Å². The Morgan fingerprint density at radius 2 is 2.14 bits per heavy atom. The molecule has 1 atom stereocenters. The fourth-order valence-electron chi connectivity index (χ4n) is 2.92. The average molecular weight is 322 g/mol. The minimum absolute atomic E-state index is 0.0768. The van der Waals surface area contributed by atoms with Crippen LogP contribution < -0.4 is 10.2 Å². The molecule has 6 nitrogen and oxygen atoms in total. The van der Waals surface area contributed by atoms with Crippen LogP contribution in [0.2, 0.25) is 0 Å². The summed E-state index contributed by atoms with van der Waals surface area (Å²) < 4.78 is 22.9. The Hall–Kier alpha value is -1.89. The van der Waals surface area contributed by atoms with E-state index in [9.17, 15) is 18.0 Å². The van der Waals surface area contributed by atoms with E-state index < -0.39 is 15.8 Å². The number of rotatable bonds is 3. The normalized spacial score (nSPS) is 23.7. The van der Waals surface area contributed by atoms with Gasteiger partial charge in [-0.15, -0.1) is 0 Å². The zero-order valence-electron chi connectivity index (χ0n) is 12.1. The Bertz CT molecular complexity index is 714. The van der Waals surface area contributed by atoms with Gasteiger partial charge >= 0.3 is 0 Å². The zero-order chi connectivity index (χ0) is 15.7. The van der Waals surface area contributed by atoms with Crippen LogP contribution in [-0.4, -0.2) is 38.3 Å². The van der Waals surface area contributed by atoms with Crippen molar-refractivity contribution in [3.05, 3.63) is 24.3 Å². The first-order valence-electron chi connectivity index (χ1n) is 7.36. The number of hydrogen-bond acceptors (Lipinski definition) is 4. The summed E-state index contributed by atoms with van der Waals surface area (Å²) in [5.41, 5.74) is 1.35. The van der Waals surface area contributed by atoms with Crippen LogP contribution in [0.15, 0.2) is 24.3 Å². The molecule has 0 aromatic heterocycles. The van der Waals surface area contributed by atoms with Gasteiger partial charge in [-0.05, 0) is 31.0 Å². The summed E-state index contributed by atoms with van der Waals surface area (Å²) in [7, 11) is -3.08. The number of hydrogen-bond donors (Lipinski definition) is 1. The van der Waals surface area contributed by atoms with Crippen molar-refractivity contribution in [1.29, 1.82) is 0 Å². The molecular formula is C15H18N2O4S. The van der Waals surface area contributed by atoms with Crippen molar-refractivity contribution in [1.82, 2.24) is 0 Å². The second kappa shape index (κ2) is 5.72. The smallest absolute Gasteiger partial charge is 0.228 e. The highest BCUT2D eigenvalue weighted by Gasteiger charge is 2.33. The SMILES string of the molecule is O=C(Nc1cccc(N2CCCC2=O)c1)C1CCS(=O)(=O)C1. The molecule has 2 saturated heterocycles. The molecule has 22 heavy (non-hydrogen) atoms. The fourth-order valence-corrected chi connectivity index (χ4v) is 4.66. The van der Waals surface area contributed by atoms with Crippen molar-refractivity contribution < 1.29 is 18.0 Å². The Labute approximate surface area is 129 Å². The predicted octanol–water partition coefficient (Wildman–Crippen LogP) is 1.19. The van der Waals surface area contributed by atoms with Gasteiger partial charge in [0.25, 0.3) is 0 Å². The summed E-state index contributed by atoms with van der Waals surface area (Å²) in [6, 6.07) is 7.11. The highest BCUT2D eigenvalue weighted by atomic mass is 32.2. The Morgan fingerprint density at radius 3 is 2.77 bits per heavy atom. The van der Waals surface area contributed by atoms with E-state index in [1.807, 2.05) is 6.07 Å². The Morgan fingerprint density at radius 1 is 1.32 bits per heavy atom. The summed E-state index contributed by atoms with van der Waals surface area (Å²) in [4.78, 5) is 25.6. The van der Waals surface area contributed by atoms with Crippen LogP contribution in [0.4, 0.5) is 11.4 Å². The highest BCUT2D eigenvalue weighted by molar-refractivity contribution is 7.91. The molecule has 1 N–H and O–H groups in total. The number of benzene rings is 1. The van der Waals surface area contributed by atoms with Gasteiger partial charge in [0.15, 0.2) is 9.84 Å². The molecule has 118 valence electrons. The van der Waals surface area contributed by atoms with E-state index >= 15 is 0 Å². The van der Waals surface area contributed by atoms with Crippen molar-refractivity contribution in [2.24, 2.45) is 5.92 Å². The lowest BCUT2D eigenvalue weighted by Crippen LogP contribution is -2.25. The van der Waals surface area contributed by atoms with Crippen LogP contribution in [0.25, 0.3) is 0 Å². The van der Waals surface area contributed by atoms with Crippen molar-refractivity contribution in [2.75, 3.05) is 28.3 Å². The fraction of sp³-hybridized carbons (Fsp3) is 0.467. The maximum atomic E-state index is 12.1. The predicted molar refractivity (Wildman–Crippen MR) is 83.4 cm³/mol. The molecule has 2 aliphatic heterocycles. The van der Waals surface area contributed by atoms with Crippen molar-refractivity contribution in [3.8, 4) is 0 Å². The summed E-state index contributed by atoms with van der Waals surface area (Å²) in [5, 5.41) is 2.76. The zero-order valence-corrected chi connectivity index (χ0v) is 12.9. The first-order chi connectivity index (χ1) is 10.4. The third-order valence-corrected chi connectivity index (χ3v) is 5.87. The molecule has 0 aliphatic carbocycles. The van der Waals surface area contributed by atoms with Gasteiger partial charge in [-0.3, -0.25) is 9.59 Å². The molecular weight excluding hydrogens is 304 g/mol. The van der Waals surface area contributed by atoms with Crippen LogP contribution >= 0.6 is 0 Å². The number of carbonyl (C=O) groups excluding carboxylic acids is 2. The molecule has 1 aromatic carbocycles. The van der Waals surface area contributed by atoms with Gasteiger partial charge in [0.1, 0.15) is 0 Å². The lowest BCUT2D eigenvalue weighted by Gasteiger charge is -2.17. The number of nitrogens with one attached hydrogen (secondary N) is 1. The molecule has 2 amide bonds. The molecule has 0 spiro atoms. The third kappa shape index (κ3) is 3.14. The number of carbonyl (C=O) groups is 2. The molecule has 0 bridgehead atoms. The van der Waals surface area contributed by atoms with E-state index in [2.05, 4.69) is 5.32 Å². The van der Waals surface area contributed by atoms with Crippen molar-refractivity contribution >= 4 is 33.0 Å². The average Bonchev–Trinajstić information content (AvgIpc) is 3.05. The molecule has 3 rings (SSSR count). The van der Waals surface area contributed by atoms with Gasteiger partial charge in [-0.1, -0.05) is 6.07 Å². The maximum absolute atomic E-state index is 12.1. The molecule has 0 saturated carbocycles. The van der Waals surface area contributed by atoms with Crippen LogP contribution in [0.3, 0.4) is 0 Å². The molecule has 2 aliphatic rings. The van der Waals surface area contributed by atoms with E-state index in [-0.39, 0.29) is 23.3 Å². The first-order valence-corrected chi connectivity index (χ1v) is 9.18. The lowest BCUT2D eigenvalue weighted by molar-refractivity contribution is -0.119. The number of nitrogens with zero attached hydrogens (tertiary/aromatic N) is 1. The highest BCUT2D eigenvalue weighted by Crippen LogP contribution is 2.25. The topological polar surface area (TPSA) is 83.6 Å². The van der Waals surface area contributed by atoms with Crippen LogP contribution in [-0.2, 0) is 19.4 Å². The van der Waals surface area contributed by atoms with Crippen molar-refractivity contribution in [3.63, 3.8) is 0 Å². The third-order valence-electron chi connectivity index (χ3n) is 4.10. The molecule has 2 fully saturated rings. The molecule has 7 heteroatoms. The molecule has 1 unspecified atom stereocenters. The molecule has 2 heterocycles. The number of sulfone groups is 1. The first kappa shape index (κ1) is 15.0. The lowest BCUT2D eigenvalue weighted by atomic mass is 10.1. The second-order valence-corrected chi connectivity index (χ2v) is 8.02. The summed E-state index contributed by atoms with van der Waals surface area (Å²) in [6.07, 6.45) is 1.77. The Kier molecular flexibility index (Phi) is 3.90. The minimum atomic E-state index is -3.08. The van der Waals surface area contributed by atoms with Gasteiger partial charge in [0, 0.05) is 24.3 Å². The van der Waals surface area contributed by atoms with Gasteiger partial charge in [-0.25, -0.2) is 8.42 Å². The van der Waals surface area contributed by atoms with Crippen LogP contribution in [0.1, 0.15) is 19.3 Å². The van der Waals surface area contributed by atoms with Crippen LogP contribution in [0.5, 0.6) is 0 Å². The van der Waals surface area contributed by atoms with Gasteiger partial charge < -0.3 is 10.2 Å². The summed E-state index contributed by atoms with van der Waals surface area (Å²) in [6.45, 7) is 0.692. The van der Waals surface area contributed by atoms with Gasteiger partial charge in [0.2, 0.25) is 11.8 Å². The van der Waals surface area contributed by atoms with E-state index in [1.54, 1.807) is 23.1 Å². The second-order valence-electron chi connectivity index (χ2n) is 5.79. The minimum Gasteiger partial charge on any atom is -0.326 e. The van der Waals surface area contributed by atoms with E-state index in [1.165, 1.54) is 0 Å². The quantitative estimate of drug-likeness (QED) is 0.906. The number of anilines is 2. The van der Waals surface area contributed by atoms with Crippen LogP contribution in [0, 0.1) is 5.92 Å². The number of amides is 2. The monoisotopic (exact) mass is 322 g/mol. The largest absolute Gasteiger partial charge is 0.326 e. The Balaban J connectivity index is 1.70. The van der Waals surface area contributed by atoms with Gasteiger partial charge in [-0.2, -0.15) is 0 Å². The van der Waals surface area contributed by atoms with E-state index in [0.29, 0.717) is 25.1 Å².